The average Bonchev–Trinajstić information content (AvgIpc) is 2.83. The Kier molecular flexibility index (Phi) is 11.7. The number of aromatic nitrogens is 3. The first-order valence-electron chi connectivity index (χ1n) is 8.79. The highest BCUT2D eigenvalue weighted by atomic mass is 127. The predicted octanol–water partition coefficient (Wildman–Crippen LogP) is 3.56. The molecule has 0 fully saturated rings. The monoisotopic (exact) mass is 482 g/mol. The summed E-state index contributed by atoms with van der Waals surface area (Å²) in [5.74, 6) is 2.52. The summed E-state index contributed by atoms with van der Waals surface area (Å²) in [4.78, 5) is 4.66. The lowest BCUT2D eigenvalue weighted by molar-refractivity contribution is 0.477. The van der Waals surface area contributed by atoms with Gasteiger partial charge in [-0.1, -0.05) is 25.6 Å². The van der Waals surface area contributed by atoms with Crippen LogP contribution in [0.1, 0.15) is 53.8 Å². The van der Waals surface area contributed by atoms with Crippen LogP contribution in [-0.4, -0.2) is 45.6 Å². The standard InChI is InChI=1S/C17H34N6S.HI/c1-8-18-15(20-17(4,5)6)19-11-9-10-14-21-22-16(24-7)23(14)12-13(2)3;/h13H,8-12H2,1-7H3,(H2,18,19,20);1H. The van der Waals surface area contributed by atoms with Gasteiger partial charge in [-0.2, -0.15) is 0 Å². The number of aryl methyl sites for hydroxylation is 1. The van der Waals surface area contributed by atoms with Gasteiger partial charge in [0.25, 0.3) is 0 Å². The number of halogens is 1. The summed E-state index contributed by atoms with van der Waals surface area (Å²) in [5.41, 5.74) is 0.00565. The number of guanidine groups is 1. The van der Waals surface area contributed by atoms with E-state index in [2.05, 4.69) is 78.2 Å². The summed E-state index contributed by atoms with van der Waals surface area (Å²) in [5, 5.41) is 16.4. The minimum Gasteiger partial charge on any atom is -0.357 e. The van der Waals surface area contributed by atoms with E-state index in [1.807, 2.05) is 0 Å². The van der Waals surface area contributed by atoms with Crippen molar-refractivity contribution in [3.8, 4) is 0 Å². The second kappa shape index (κ2) is 12.0. The van der Waals surface area contributed by atoms with Gasteiger partial charge in [-0.15, -0.1) is 34.2 Å². The molecule has 0 bridgehead atoms. The summed E-state index contributed by atoms with van der Waals surface area (Å²) in [6.07, 6.45) is 3.92. The Morgan fingerprint density at radius 1 is 1.28 bits per heavy atom. The summed E-state index contributed by atoms with van der Waals surface area (Å²) >= 11 is 1.66. The predicted molar refractivity (Wildman–Crippen MR) is 119 cm³/mol. The minimum atomic E-state index is 0. The zero-order chi connectivity index (χ0) is 18.2. The average molecular weight is 482 g/mol. The Morgan fingerprint density at radius 3 is 2.48 bits per heavy atom. The highest BCUT2D eigenvalue weighted by Crippen LogP contribution is 2.16. The van der Waals surface area contributed by atoms with E-state index < -0.39 is 0 Å². The van der Waals surface area contributed by atoms with Crippen LogP contribution in [0, 0.1) is 5.92 Å². The zero-order valence-electron chi connectivity index (χ0n) is 16.7. The van der Waals surface area contributed by atoms with Crippen LogP contribution in [0.15, 0.2) is 10.1 Å². The van der Waals surface area contributed by atoms with E-state index in [1.54, 1.807) is 11.8 Å². The SMILES string of the molecule is CCNC(=NCCCc1nnc(SC)n1CC(C)C)NC(C)(C)C.I. The van der Waals surface area contributed by atoms with E-state index in [0.717, 1.165) is 49.4 Å². The third-order valence-electron chi connectivity index (χ3n) is 3.19. The summed E-state index contributed by atoms with van der Waals surface area (Å²) < 4.78 is 2.25. The fourth-order valence-corrected chi connectivity index (χ4v) is 2.82. The van der Waals surface area contributed by atoms with Crippen LogP contribution in [0.4, 0.5) is 0 Å². The third kappa shape index (κ3) is 9.67. The summed E-state index contributed by atoms with van der Waals surface area (Å²) in [6, 6.07) is 0. The first-order chi connectivity index (χ1) is 11.3. The molecule has 1 rings (SSSR count). The van der Waals surface area contributed by atoms with Crippen molar-refractivity contribution in [1.29, 1.82) is 0 Å². The van der Waals surface area contributed by atoms with Crippen LogP contribution in [0.3, 0.4) is 0 Å². The first-order valence-corrected chi connectivity index (χ1v) is 10.0. The zero-order valence-corrected chi connectivity index (χ0v) is 19.9. The van der Waals surface area contributed by atoms with Crippen molar-refractivity contribution in [3.63, 3.8) is 0 Å². The van der Waals surface area contributed by atoms with Gasteiger partial charge in [-0.05, 0) is 46.3 Å². The highest BCUT2D eigenvalue weighted by Gasteiger charge is 2.13. The highest BCUT2D eigenvalue weighted by molar-refractivity contribution is 14.0. The maximum absolute atomic E-state index is 4.66. The summed E-state index contributed by atoms with van der Waals surface area (Å²) in [6.45, 7) is 15.5. The molecule has 0 radical (unpaired) electrons. The molecule has 1 heterocycles. The quantitative estimate of drug-likeness (QED) is 0.195. The Hall–Kier alpha value is -0.510. The molecular weight excluding hydrogens is 447 g/mol. The van der Waals surface area contributed by atoms with Gasteiger partial charge in [0, 0.05) is 31.6 Å². The van der Waals surface area contributed by atoms with Gasteiger partial charge in [0.2, 0.25) is 0 Å². The normalized spacial score (nSPS) is 12.2. The molecule has 2 N–H and O–H groups in total. The molecule has 0 amide bonds. The van der Waals surface area contributed by atoms with Gasteiger partial charge in [0.1, 0.15) is 5.82 Å². The topological polar surface area (TPSA) is 67.1 Å². The fourth-order valence-electron chi connectivity index (χ4n) is 2.29. The fraction of sp³-hybridized carbons (Fsp3) is 0.824. The molecule has 0 aliphatic rings. The van der Waals surface area contributed by atoms with Crippen molar-refractivity contribution >= 4 is 41.7 Å². The van der Waals surface area contributed by atoms with Crippen LogP contribution in [0.5, 0.6) is 0 Å². The minimum absolute atomic E-state index is 0. The first kappa shape index (κ1) is 24.5. The maximum Gasteiger partial charge on any atom is 0.191 e. The van der Waals surface area contributed by atoms with Crippen LogP contribution in [-0.2, 0) is 13.0 Å². The number of nitrogens with one attached hydrogen (secondary N) is 2. The van der Waals surface area contributed by atoms with Crippen LogP contribution in [0.2, 0.25) is 0 Å². The number of hydrogen-bond acceptors (Lipinski definition) is 4. The van der Waals surface area contributed by atoms with Gasteiger partial charge in [0.05, 0.1) is 0 Å². The molecule has 0 saturated carbocycles. The molecule has 0 saturated heterocycles. The molecular formula is C17H35IN6S. The number of aliphatic imine (C=N–C) groups is 1. The van der Waals surface area contributed by atoms with Gasteiger partial charge in [-0.25, -0.2) is 0 Å². The van der Waals surface area contributed by atoms with E-state index in [9.17, 15) is 0 Å². The number of thioether (sulfide) groups is 1. The van der Waals surface area contributed by atoms with Crippen molar-refractivity contribution in [1.82, 2.24) is 25.4 Å². The smallest absolute Gasteiger partial charge is 0.191 e. The van der Waals surface area contributed by atoms with Gasteiger partial charge >= 0.3 is 0 Å². The van der Waals surface area contributed by atoms with Crippen molar-refractivity contribution < 1.29 is 0 Å². The number of hydrogen-bond donors (Lipinski definition) is 2. The van der Waals surface area contributed by atoms with Crippen LogP contribution < -0.4 is 10.6 Å². The number of rotatable bonds is 8. The van der Waals surface area contributed by atoms with Crippen LogP contribution >= 0.6 is 35.7 Å². The van der Waals surface area contributed by atoms with Crippen molar-refractivity contribution in [2.24, 2.45) is 10.9 Å². The Bertz CT molecular complexity index is 522. The molecule has 6 nitrogen and oxygen atoms in total. The summed E-state index contributed by atoms with van der Waals surface area (Å²) in [7, 11) is 0. The third-order valence-corrected chi connectivity index (χ3v) is 3.86. The molecule has 0 atom stereocenters. The van der Waals surface area contributed by atoms with Gasteiger partial charge in [0.15, 0.2) is 11.1 Å². The Balaban J connectivity index is 0.00000576. The molecule has 0 aliphatic heterocycles. The molecule has 0 unspecified atom stereocenters. The van der Waals surface area contributed by atoms with Crippen LogP contribution in [0.25, 0.3) is 0 Å². The maximum atomic E-state index is 4.66. The van der Waals surface area contributed by atoms with E-state index >= 15 is 0 Å². The van der Waals surface area contributed by atoms with Gasteiger partial charge in [-0.3, -0.25) is 4.99 Å². The second-order valence-corrected chi connectivity index (χ2v) is 8.12. The molecule has 1 aromatic rings. The molecule has 0 aliphatic carbocycles. The Morgan fingerprint density at radius 2 is 1.96 bits per heavy atom. The van der Waals surface area contributed by atoms with E-state index in [4.69, 9.17) is 0 Å². The molecule has 0 spiro atoms. The molecule has 146 valence electrons. The lowest BCUT2D eigenvalue weighted by atomic mass is 10.1. The number of nitrogens with zero attached hydrogens (tertiary/aromatic N) is 4. The second-order valence-electron chi connectivity index (χ2n) is 7.35. The molecule has 8 heteroatoms. The van der Waals surface area contributed by atoms with E-state index in [1.165, 1.54) is 0 Å². The lowest BCUT2D eigenvalue weighted by Crippen LogP contribution is -2.47. The Labute approximate surface area is 174 Å². The molecule has 25 heavy (non-hydrogen) atoms. The van der Waals surface area contributed by atoms with E-state index in [-0.39, 0.29) is 29.5 Å². The molecule has 0 aromatic carbocycles. The largest absolute Gasteiger partial charge is 0.357 e. The van der Waals surface area contributed by atoms with Crippen molar-refractivity contribution in [2.75, 3.05) is 19.3 Å². The molecule has 1 aromatic heterocycles. The van der Waals surface area contributed by atoms with Gasteiger partial charge < -0.3 is 15.2 Å². The van der Waals surface area contributed by atoms with Crippen molar-refractivity contribution in [2.45, 2.75) is 71.6 Å². The lowest BCUT2D eigenvalue weighted by Gasteiger charge is -2.23. The van der Waals surface area contributed by atoms with E-state index in [0.29, 0.717) is 5.92 Å². The van der Waals surface area contributed by atoms with Crippen molar-refractivity contribution in [3.05, 3.63) is 5.82 Å².